The van der Waals surface area contributed by atoms with Crippen molar-refractivity contribution in [2.75, 3.05) is 6.61 Å². The van der Waals surface area contributed by atoms with Crippen molar-refractivity contribution in [2.45, 2.75) is 13.0 Å². The van der Waals surface area contributed by atoms with Crippen molar-refractivity contribution in [3.05, 3.63) is 17.8 Å². The van der Waals surface area contributed by atoms with Crippen LogP contribution in [-0.4, -0.2) is 27.0 Å². The average Bonchev–Trinajstić information content (AvgIpc) is 2.84. The molecule has 2 aromatic rings. The van der Waals surface area contributed by atoms with Gasteiger partial charge in [-0.05, 0) is 6.92 Å². The van der Waals surface area contributed by atoms with E-state index in [0.29, 0.717) is 11.3 Å². The summed E-state index contributed by atoms with van der Waals surface area (Å²) in [5.41, 5.74) is 6.15. The van der Waals surface area contributed by atoms with E-state index in [1.807, 2.05) is 0 Å². The van der Waals surface area contributed by atoms with Crippen LogP contribution in [0.4, 0.5) is 0 Å². The van der Waals surface area contributed by atoms with E-state index in [0.717, 1.165) is 0 Å². The molecule has 0 fully saturated rings. The van der Waals surface area contributed by atoms with Gasteiger partial charge in [0.15, 0.2) is 5.82 Å². The Labute approximate surface area is 84.9 Å². The average molecular weight is 210 g/mol. The third kappa shape index (κ3) is 1.74. The number of hydrogen-bond donors (Lipinski definition) is 2. The maximum Gasteiger partial charge on any atom is 0.263 e. The number of nitrogens with zero attached hydrogens (tertiary/aromatic N) is 3. The fraction of sp³-hybridized carbons (Fsp3) is 0.375. The molecule has 7 heteroatoms. The number of aliphatic hydroxyl groups is 1. The third-order valence-electron chi connectivity index (χ3n) is 1.95. The Balaban J connectivity index is 2.32. The molecule has 0 aromatic carbocycles. The molecule has 7 nitrogen and oxygen atoms in total. The zero-order valence-corrected chi connectivity index (χ0v) is 8.04. The highest BCUT2D eigenvalue weighted by Gasteiger charge is 2.17. The van der Waals surface area contributed by atoms with Crippen LogP contribution < -0.4 is 5.73 Å². The van der Waals surface area contributed by atoms with Gasteiger partial charge in [-0.1, -0.05) is 10.3 Å². The van der Waals surface area contributed by atoms with Gasteiger partial charge in [0.05, 0.1) is 18.8 Å². The first-order chi connectivity index (χ1) is 7.22. The zero-order chi connectivity index (χ0) is 10.8. The number of aromatic nitrogens is 3. The molecule has 0 saturated heterocycles. The van der Waals surface area contributed by atoms with Crippen molar-refractivity contribution in [3.8, 4) is 11.5 Å². The van der Waals surface area contributed by atoms with Crippen LogP contribution in [0.2, 0.25) is 0 Å². The predicted octanol–water partition coefficient (Wildman–Crippen LogP) is 0.0251. The van der Waals surface area contributed by atoms with Crippen LogP contribution in [0.5, 0.6) is 0 Å². The summed E-state index contributed by atoms with van der Waals surface area (Å²) in [4.78, 5) is 4.02. The Kier molecular flexibility index (Phi) is 2.48. The molecule has 2 aromatic heterocycles. The lowest BCUT2D eigenvalue weighted by molar-refractivity contribution is 0.260. The minimum atomic E-state index is -0.636. The molecule has 0 radical (unpaired) electrons. The SMILES string of the molecule is Cc1oncc1-c1nc(C(N)CO)no1. The Morgan fingerprint density at radius 3 is 2.93 bits per heavy atom. The van der Waals surface area contributed by atoms with Gasteiger partial charge in [0.1, 0.15) is 11.3 Å². The molecular formula is C8H10N4O3. The lowest BCUT2D eigenvalue weighted by atomic mass is 10.3. The Hall–Kier alpha value is -1.73. The second-order valence-electron chi connectivity index (χ2n) is 3.04. The lowest BCUT2D eigenvalue weighted by Crippen LogP contribution is -2.15. The molecule has 15 heavy (non-hydrogen) atoms. The van der Waals surface area contributed by atoms with Gasteiger partial charge in [0.2, 0.25) is 0 Å². The Morgan fingerprint density at radius 2 is 2.33 bits per heavy atom. The monoisotopic (exact) mass is 210 g/mol. The van der Waals surface area contributed by atoms with Gasteiger partial charge in [0.25, 0.3) is 5.89 Å². The summed E-state index contributed by atoms with van der Waals surface area (Å²) in [6, 6.07) is -0.636. The zero-order valence-electron chi connectivity index (χ0n) is 8.04. The minimum absolute atomic E-state index is 0.235. The standard InChI is InChI=1S/C8H10N4O3/c1-4-5(2-10-14-4)8-11-7(12-15-8)6(9)3-13/h2,6,13H,3,9H2,1H3. The summed E-state index contributed by atoms with van der Waals surface area (Å²) in [6.45, 7) is 1.50. The van der Waals surface area contributed by atoms with Crippen molar-refractivity contribution in [1.82, 2.24) is 15.3 Å². The number of hydrogen-bond acceptors (Lipinski definition) is 7. The first kappa shape index (κ1) is 9.81. The highest BCUT2D eigenvalue weighted by Crippen LogP contribution is 2.21. The van der Waals surface area contributed by atoms with E-state index in [4.69, 9.17) is 19.9 Å². The molecule has 0 aliphatic rings. The molecule has 0 spiro atoms. The number of aryl methyl sites for hydroxylation is 1. The second-order valence-corrected chi connectivity index (χ2v) is 3.04. The van der Waals surface area contributed by atoms with Crippen molar-refractivity contribution in [2.24, 2.45) is 5.73 Å². The first-order valence-corrected chi connectivity index (χ1v) is 4.34. The van der Waals surface area contributed by atoms with Crippen molar-refractivity contribution < 1.29 is 14.2 Å². The van der Waals surface area contributed by atoms with Crippen LogP contribution in [0.15, 0.2) is 15.2 Å². The molecule has 0 aliphatic carbocycles. The fourth-order valence-corrected chi connectivity index (χ4v) is 1.08. The second kappa shape index (κ2) is 3.79. The van der Waals surface area contributed by atoms with Crippen LogP contribution in [0.25, 0.3) is 11.5 Å². The van der Waals surface area contributed by atoms with Crippen LogP contribution in [0.1, 0.15) is 17.6 Å². The maximum atomic E-state index is 8.81. The molecule has 0 bridgehead atoms. The van der Waals surface area contributed by atoms with E-state index in [2.05, 4.69) is 15.3 Å². The van der Waals surface area contributed by atoms with Crippen molar-refractivity contribution in [3.63, 3.8) is 0 Å². The van der Waals surface area contributed by atoms with Crippen LogP contribution in [0.3, 0.4) is 0 Å². The third-order valence-corrected chi connectivity index (χ3v) is 1.95. The summed E-state index contributed by atoms with van der Waals surface area (Å²) >= 11 is 0. The summed E-state index contributed by atoms with van der Waals surface area (Å²) < 4.78 is 9.82. The predicted molar refractivity (Wildman–Crippen MR) is 48.5 cm³/mol. The fourth-order valence-electron chi connectivity index (χ4n) is 1.08. The molecular weight excluding hydrogens is 200 g/mol. The van der Waals surface area contributed by atoms with E-state index in [-0.39, 0.29) is 18.3 Å². The van der Waals surface area contributed by atoms with E-state index in [1.165, 1.54) is 6.20 Å². The van der Waals surface area contributed by atoms with Crippen molar-refractivity contribution in [1.29, 1.82) is 0 Å². The van der Waals surface area contributed by atoms with Gasteiger partial charge in [-0.15, -0.1) is 0 Å². The molecule has 80 valence electrons. The number of nitrogens with two attached hydrogens (primary N) is 1. The normalized spacial score (nSPS) is 13.0. The highest BCUT2D eigenvalue weighted by molar-refractivity contribution is 5.53. The molecule has 2 rings (SSSR count). The van der Waals surface area contributed by atoms with Crippen LogP contribution in [0, 0.1) is 6.92 Å². The maximum absolute atomic E-state index is 8.81. The Bertz CT molecular complexity index is 450. The van der Waals surface area contributed by atoms with Gasteiger partial charge >= 0.3 is 0 Å². The summed E-state index contributed by atoms with van der Waals surface area (Å²) in [5, 5.41) is 16.0. The minimum Gasteiger partial charge on any atom is -0.394 e. The highest BCUT2D eigenvalue weighted by atomic mass is 16.5. The molecule has 3 N–H and O–H groups in total. The molecule has 0 saturated carbocycles. The van der Waals surface area contributed by atoms with E-state index in [1.54, 1.807) is 6.92 Å². The van der Waals surface area contributed by atoms with Crippen LogP contribution in [-0.2, 0) is 0 Å². The topological polar surface area (TPSA) is 111 Å². The van der Waals surface area contributed by atoms with Crippen molar-refractivity contribution >= 4 is 0 Å². The van der Waals surface area contributed by atoms with E-state index >= 15 is 0 Å². The van der Waals surface area contributed by atoms with Gasteiger partial charge in [0, 0.05) is 0 Å². The summed E-state index contributed by atoms with van der Waals surface area (Å²) in [7, 11) is 0. The van der Waals surface area contributed by atoms with E-state index in [9.17, 15) is 0 Å². The molecule has 0 amide bonds. The van der Waals surface area contributed by atoms with Crippen LogP contribution >= 0.6 is 0 Å². The molecule has 1 atom stereocenters. The molecule has 2 heterocycles. The smallest absolute Gasteiger partial charge is 0.263 e. The Morgan fingerprint density at radius 1 is 1.53 bits per heavy atom. The summed E-state index contributed by atoms with van der Waals surface area (Å²) in [6.07, 6.45) is 1.48. The molecule has 0 aliphatic heterocycles. The van der Waals surface area contributed by atoms with Gasteiger partial charge in [-0.25, -0.2) is 0 Å². The lowest BCUT2D eigenvalue weighted by Gasteiger charge is -1.98. The first-order valence-electron chi connectivity index (χ1n) is 4.34. The van der Waals surface area contributed by atoms with E-state index < -0.39 is 6.04 Å². The number of rotatable bonds is 3. The largest absolute Gasteiger partial charge is 0.394 e. The molecule has 1 unspecified atom stereocenters. The number of aliphatic hydroxyl groups excluding tert-OH is 1. The van der Waals surface area contributed by atoms with Gasteiger partial charge in [-0.3, -0.25) is 0 Å². The van der Waals surface area contributed by atoms with Gasteiger partial charge < -0.3 is 19.9 Å². The quantitative estimate of drug-likeness (QED) is 0.734. The van der Waals surface area contributed by atoms with Gasteiger partial charge in [-0.2, -0.15) is 4.98 Å². The summed E-state index contributed by atoms with van der Waals surface area (Å²) in [5.74, 6) is 1.13.